The van der Waals surface area contributed by atoms with Gasteiger partial charge in [-0.15, -0.1) is 0 Å². The van der Waals surface area contributed by atoms with Crippen molar-refractivity contribution < 1.29 is 4.79 Å². The van der Waals surface area contributed by atoms with Crippen LogP contribution < -0.4 is 0 Å². The number of benzene rings is 1. The van der Waals surface area contributed by atoms with Crippen molar-refractivity contribution in [1.29, 1.82) is 0 Å². The summed E-state index contributed by atoms with van der Waals surface area (Å²) in [5, 5.41) is 4.85. The first kappa shape index (κ1) is 18.5. The fourth-order valence-corrected chi connectivity index (χ4v) is 2.84. The minimum Gasteiger partial charge on any atom is -0.340 e. The normalized spacial score (nSPS) is 12.6. The monoisotopic (exact) mass is 348 g/mol. The molecule has 0 spiro atoms. The van der Waals surface area contributed by atoms with Crippen LogP contribution in [0.5, 0.6) is 0 Å². The van der Waals surface area contributed by atoms with Crippen molar-refractivity contribution in [3.05, 3.63) is 47.5 Å². The van der Waals surface area contributed by atoms with E-state index in [-0.39, 0.29) is 5.91 Å². The van der Waals surface area contributed by atoms with Gasteiger partial charge in [-0.1, -0.05) is 51.4 Å². The Morgan fingerprint density at radius 1 is 1.12 bits per heavy atom. The van der Waals surface area contributed by atoms with E-state index in [2.05, 4.69) is 37.8 Å². The Kier molecular flexibility index (Phi) is 6.37. The maximum atomic E-state index is 13.3. The fourth-order valence-electron chi connectivity index (χ4n) is 2.71. The zero-order valence-corrected chi connectivity index (χ0v) is 15.4. The van der Waals surface area contributed by atoms with E-state index in [0.717, 1.165) is 18.7 Å². The molecule has 0 saturated carbocycles. The zero-order valence-electron chi connectivity index (χ0n) is 14.7. The van der Waals surface area contributed by atoms with Crippen LogP contribution in [0, 0.1) is 11.8 Å². The number of hydrogen-bond acceptors (Lipinski definition) is 3. The molecule has 0 radical (unpaired) electrons. The third-order valence-corrected chi connectivity index (χ3v) is 3.86. The van der Waals surface area contributed by atoms with Gasteiger partial charge in [0.1, 0.15) is 12.7 Å². The number of carbonyl (C=O) groups excluding carboxylic acids is 1. The van der Waals surface area contributed by atoms with Crippen LogP contribution in [0.3, 0.4) is 0 Å². The summed E-state index contributed by atoms with van der Waals surface area (Å²) in [6.07, 6.45) is 3.03. The highest BCUT2D eigenvalue weighted by Gasteiger charge is 2.29. The van der Waals surface area contributed by atoms with Crippen LogP contribution in [0.4, 0.5) is 0 Å². The van der Waals surface area contributed by atoms with Gasteiger partial charge in [-0.2, -0.15) is 5.10 Å². The van der Waals surface area contributed by atoms with Gasteiger partial charge >= 0.3 is 0 Å². The summed E-state index contributed by atoms with van der Waals surface area (Å²) in [4.78, 5) is 19.2. The highest BCUT2D eigenvalue weighted by Crippen LogP contribution is 2.23. The fraction of sp³-hybridized carbons (Fsp3) is 0.500. The molecule has 0 aliphatic heterocycles. The molecule has 2 aromatic rings. The summed E-state index contributed by atoms with van der Waals surface area (Å²) < 4.78 is 1.61. The van der Waals surface area contributed by atoms with Gasteiger partial charge in [0.15, 0.2) is 6.04 Å². The van der Waals surface area contributed by atoms with Crippen molar-refractivity contribution in [3.8, 4) is 0 Å². The van der Waals surface area contributed by atoms with Gasteiger partial charge in [-0.3, -0.25) is 4.79 Å². The third-order valence-electron chi connectivity index (χ3n) is 3.60. The molecule has 0 saturated heterocycles. The first-order valence-electron chi connectivity index (χ1n) is 8.26. The second kappa shape index (κ2) is 8.29. The lowest BCUT2D eigenvalue weighted by atomic mass is 10.0. The quantitative estimate of drug-likeness (QED) is 0.767. The highest BCUT2D eigenvalue weighted by atomic mass is 35.5. The Labute approximate surface area is 148 Å². The lowest BCUT2D eigenvalue weighted by Crippen LogP contribution is -2.42. The zero-order chi connectivity index (χ0) is 17.7. The number of aromatic nitrogens is 3. The lowest BCUT2D eigenvalue weighted by Gasteiger charge is -2.30. The van der Waals surface area contributed by atoms with Gasteiger partial charge in [-0.25, -0.2) is 9.67 Å². The topological polar surface area (TPSA) is 51.0 Å². The van der Waals surface area contributed by atoms with Gasteiger partial charge < -0.3 is 4.90 Å². The van der Waals surface area contributed by atoms with Crippen LogP contribution in [-0.2, 0) is 4.79 Å². The molecular formula is C18H25ClN4O. The molecule has 2 rings (SSSR count). The molecule has 1 aromatic heterocycles. The molecule has 1 atom stereocenters. The molecule has 0 aliphatic rings. The minimum atomic E-state index is -0.526. The summed E-state index contributed by atoms with van der Waals surface area (Å²) in [5.74, 6) is 0.828. The van der Waals surface area contributed by atoms with E-state index in [0.29, 0.717) is 16.9 Å². The molecule has 0 fully saturated rings. The molecule has 6 heteroatoms. The van der Waals surface area contributed by atoms with Gasteiger partial charge in [0, 0.05) is 18.1 Å². The molecule has 1 amide bonds. The second-order valence-electron chi connectivity index (χ2n) is 6.86. The van der Waals surface area contributed by atoms with E-state index >= 15 is 0 Å². The van der Waals surface area contributed by atoms with E-state index in [4.69, 9.17) is 11.6 Å². The van der Waals surface area contributed by atoms with Gasteiger partial charge in [0.05, 0.1) is 0 Å². The minimum absolute atomic E-state index is 0.0326. The molecular weight excluding hydrogens is 324 g/mol. The number of carbonyl (C=O) groups is 1. The predicted octanol–water partition coefficient (Wildman–Crippen LogP) is 3.66. The molecule has 0 N–H and O–H groups in total. The first-order chi connectivity index (χ1) is 11.4. The summed E-state index contributed by atoms with van der Waals surface area (Å²) in [5.41, 5.74) is 0.854. The number of amides is 1. The van der Waals surface area contributed by atoms with E-state index in [9.17, 15) is 4.79 Å². The van der Waals surface area contributed by atoms with E-state index in [1.54, 1.807) is 23.1 Å². The van der Waals surface area contributed by atoms with Crippen LogP contribution in [0.2, 0.25) is 5.02 Å². The molecule has 130 valence electrons. The van der Waals surface area contributed by atoms with Crippen molar-refractivity contribution >= 4 is 17.5 Å². The van der Waals surface area contributed by atoms with Crippen LogP contribution >= 0.6 is 11.6 Å². The summed E-state index contributed by atoms with van der Waals surface area (Å²) in [7, 11) is 0. The van der Waals surface area contributed by atoms with E-state index in [1.165, 1.54) is 6.33 Å². The average molecular weight is 349 g/mol. The van der Waals surface area contributed by atoms with Crippen LogP contribution in [0.1, 0.15) is 39.3 Å². The lowest BCUT2D eigenvalue weighted by molar-refractivity contribution is -0.135. The molecule has 0 aliphatic carbocycles. The van der Waals surface area contributed by atoms with E-state index < -0.39 is 6.04 Å². The van der Waals surface area contributed by atoms with Crippen molar-refractivity contribution in [2.75, 3.05) is 13.1 Å². The molecule has 24 heavy (non-hydrogen) atoms. The van der Waals surface area contributed by atoms with Crippen molar-refractivity contribution in [2.24, 2.45) is 11.8 Å². The van der Waals surface area contributed by atoms with E-state index in [1.807, 2.05) is 17.0 Å². The van der Waals surface area contributed by atoms with Gasteiger partial charge in [0.25, 0.3) is 5.91 Å². The molecule has 5 nitrogen and oxygen atoms in total. The summed E-state index contributed by atoms with van der Waals surface area (Å²) in [6, 6.07) is 6.81. The smallest absolute Gasteiger partial charge is 0.252 e. The van der Waals surface area contributed by atoms with Gasteiger partial charge in [-0.05, 0) is 29.5 Å². The Morgan fingerprint density at radius 3 is 2.17 bits per heavy atom. The van der Waals surface area contributed by atoms with Crippen molar-refractivity contribution in [1.82, 2.24) is 19.7 Å². The summed E-state index contributed by atoms with van der Waals surface area (Å²) in [6.45, 7) is 9.91. The van der Waals surface area contributed by atoms with Crippen LogP contribution in [0.25, 0.3) is 0 Å². The average Bonchev–Trinajstić information content (AvgIpc) is 3.01. The van der Waals surface area contributed by atoms with Crippen molar-refractivity contribution in [2.45, 2.75) is 33.7 Å². The SMILES string of the molecule is CC(C)CN(CC(C)C)C(=O)C(c1ccc(Cl)cc1)n1cncn1. The maximum absolute atomic E-state index is 13.3. The Balaban J connectivity index is 2.37. The Morgan fingerprint density at radius 2 is 1.71 bits per heavy atom. The highest BCUT2D eigenvalue weighted by molar-refractivity contribution is 6.30. The number of halogens is 1. The maximum Gasteiger partial charge on any atom is 0.252 e. The Hall–Kier alpha value is -1.88. The Bertz CT molecular complexity index is 628. The molecule has 1 unspecified atom stereocenters. The molecule has 1 aromatic carbocycles. The molecule has 1 heterocycles. The summed E-state index contributed by atoms with van der Waals surface area (Å²) >= 11 is 5.99. The number of rotatable bonds is 7. The van der Waals surface area contributed by atoms with Crippen LogP contribution in [-0.4, -0.2) is 38.7 Å². The predicted molar refractivity (Wildman–Crippen MR) is 95.9 cm³/mol. The number of nitrogens with zero attached hydrogens (tertiary/aromatic N) is 4. The second-order valence-corrected chi connectivity index (χ2v) is 7.30. The molecule has 0 bridgehead atoms. The largest absolute Gasteiger partial charge is 0.340 e. The van der Waals surface area contributed by atoms with Crippen molar-refractivity contribution in [3.63, 3.8) is 0 Å². The standard InChI is InChI=1S/C18H25ClN4O/c1-13(2)9-22(10-14(3)4)18(24)17(23-12-20-11-21-23)15-5-7-16(19)8-6-15/h5-8,11-14,17H,9-10H2,1-4H3. The first-order valence-corrected chi connectivity index (χ1v) is 8.64. The third kappa shape index (κ3) is 4.81. The number of hydrogen-bond donors (Lipinski definition) is 0. The van der Waals surface area contributed by atoms with Gasteiger partial charge in [0.2, 0.25) is 0 Å². The van der Waals surface area contributed by atoms with Crippen LogP contribution in [0.15, 0.2) is 36.9 Å².